The molecule has 1 N–H and O–H groups in total. The number of rotatable bonds is 8. The van der Waals surface area contributed by atoms with Crippen molar-refractivity contribution < 1.29 is 9.90 Å². The van der Waals surface area contributed by atoms with Gasteiger partial charge in [0.1, 0.15) is 0 Å². The van der Waals surface area contributed by atoms with Gasteiger partial charge in [-0.25, -0.2) is 9.78 Å². The lowest BCUT2D eigenvalue weighted by atomic mass is 10.1. The molecule has 0 unspecified atom stereocenters. The molecule has 0 bridgehead atoms. The average molecular weight is 236 g/mol. The lowest BCUT2D eigenvalue weighted by Gasteiger charge is -2.01. The first-order chi connectivity index (χ1) is 8.15. The molecule has 94 valence electrons. The smallest absolute Gasteiger partial charge is 0.337 e. The molecule has 4 heteroatoms. The highest BCUT2D eigenvalue weighted by atomic mass is 16.4. The Morgan fingerprint density at radius 2 is 2.12 bits per heavy atom. The van der Waals surface area contributed by atoms with Crippen LogP contribution in [-0.4, -0.2) is 20.6 Å². The number of hydrogen-bond acceptors (Lipinski definition) is 2. The fourth-order valence-corrected chi connectivity index (χ4v) is 1.65. The Morgan fingerprint density at radius 3 is 2.76 bits per heavy atom. The Labute approximate surface area is 102 Å². The van der Waals surface area contributed by atoms with Crippen molar-refractivity contribution in [3.05, 3.63) is 24.8 Å². The Kier molecular flexibility index (Phi) is 5.46. The fraction of sp³-hybridized carbons (Fsp3) is 0.538. The summed E-state index contributed by atoms with van der Waals surface area (Å²) >= 11 is 0. The van der Waals surface area contributed by atoms with Crippen molar-refractivity contribution in [2.45, 2.75) is 45.6 Å². The lowest BCUT2D eigenvalue weighted by Crippen LogP contribution is -1.98. The Balaban J connectivity index is 2.36. The van der Waals surface area contributed by atoms with E-state index in [4.69, 9.17) is 5.11 Å². The van der Waals surface area contributed by atoms with E-state index in [2.05, 4.69) is 18.5 Å². The van der Waals surface area contributed by atoms with Crippen LogP contribution < -0.4 is 0 Å². The van der Waals surface area contributed by atoms with Gasteiger partial charge in [0.15, 0.2) is 0 Å². The van der Waals surface area contributed by atoms with Crippen LogP contribution in [0.5, 0.6) is 0 Å². The minimum Gasteiger partial charge on any atom is -0.478 e. The van der Waals surface area contributed by atoms with E-state index in [1.165, 1.54) is 25.7 Å². The van der Waals surface area contributed by atoms with Gasteiger partial charge in [-0.05, 0) is 6.42 Å². The van der Waals surface area contributed by atoms with Crippen LogP contribution in [0.25, 0.3) is 5.57 Å². The molecule has 0 aliphatic rings. The summed E-state index contributed by atoms with van der Waals surface area (Å²) in [5.74, 6) is -1.02. The van der Waals surface area contributed by atoms with Crippen molar-refractivity contribution in [1.29, 1.82) is 0 Å². The van der Waals surface area contributed by atoms with Gasteiger partial charge in [-0.2, -0.15) is 0 Å². The second-order valence-corrected chi connectivity index (χ2v) is 4.19. The maximum absolute atomic E-state index is 10.7. The van der Waals surface area contributed by atoms with Gasteiger partial charge in [-0.1, -0.05) is 39.2 Å². The second kappa shape index (κ2) is 6.89. The van der Waals surface area contributed by atoms with Gasteiger partial charge in [0.2, 0.25) is 0 Å². The van der Waals surface area contributed by atoms with Crippen molar-refractivity contribution in [3.63, 3.8) is 0 Å². The number of aromatic nitrogens is 2. The van der Waals surface area contributed by atoms with Crippen molar-refractivity contribution in [3.8, 4) is 0 Å². The molecule has 1 heterocycles. The summed E-state index contributed by atoms with van der Waals surface area (Å²) in [6.07, 6.45) is 9.52. The number of carbonyl (C=O) groups is 1. The number of carboxylic acid groups (broad SMARTS) is 1. The lowest BCUT2D eigenvalue weighted by molar-refractivity contribution is -0.130. The van der Waals surface area contributed by atoms with Gasteiger partial charge in [-0.3, -0.25) is 0 Å². The van der Waals surface area contributed by atoms with Crippen molar-refractivity contribution in [2.75, 3.05) is 0 Å². The number of hydrogen-bond donors (Lipinski definition) is 1. The average Bonchev–Trinajstić information content (AvgIpc) is 2.76. The standard InChI is InChI=1S/C13H20N2O2/c1-3-4-5-6-7-8-15-9-12(14-10-15)11(2)13(16)17/h9-10H,2-8H2,1H3,(H,16,17). The highest BCUT2D eigenvalue weighted by Crippen LogP contribution is 2.10. The molecule has 1 aromatic rings. The third-order valence-electron chi connectivity index (χ3n) is 2.72. The summed E-state index contributed by atoms with van der Waals surface area (Å²) in [7, 11) is 0. The molecule has 1 aromatic heterocycles. The maximum atomic E-state index is 10.7. The van der Waals surface area contributed by atoms with Crippen molar-refractivity contribution in [1.82, 2.24) is 9.55 Å². The van der Waals surface area contributed by atoms with Crippen LogP contribution in [-0.2, 0) is 11.3 Å². The summed E-state index contributed by atoms with van der Waals surface area (Å²) < 4.78 is 1.93. The number of aryl methyl sites for hydroxylation is 1. The van der Waals surface area contributed by atoms with Gasteiger partial charge in [0.25, 0.3) is 0 Å². The molecule has 0 atom stereocenters. The van der Waals surface area contributed by atoms with Gasteiger partial charge < -0.3 is 9.67 Å². The molecule has 0 amide bonds. The third kappa shape index (κ3) is 4.43. The quantitative estimate of drug-likeness (QED) is 0.557. The van der Waals surface area contributed by atoms with E-state index in [1.54, 1.807) is 12.5 Å². The van der Waals surface area contributed by atoms with E-state index in [0.717, 1.165) is 13.0 Å². The number of aliphatic carboxylic acids is 1. The maximum Gasteiger partial charge on any atom is 0.337 e. The number of imidazole rings is 1. The largest absolute Gasteiger partial charge is 0.478 e. The van der Waals surface area contributed by atoms with Gasteiger partial charge in [0.05, 0.1) is 17.6 Å². The van der Waals surface area contributed by atoms with Crippen LogP contribution in [0.2, 0.25) is 0 Å². The topological polar surface area (TPSA) is 55.1 Å². The zero-order valence-corrected chi connectivity index (χ0v) is 10.4. The zero-order chi connectivity index (χ0) is 12.7. The SMILES string of the molecule is C=C(C(=O)O)c1cn(CCCCCCC)cn1. The minimum absolute atomic E-state index is 0.0507. The Morgan fingerprint density at radius 1 is 1.41 bits per heavy atom. The van der Waals surface area contributed by atoms with Crippen LogP contribution in [0.4, 0.5) is 0 Å². The number of nitrogens with zero attached hydrogens (tertiary/aromatic N) is 2. The molecule has 0 fully saturated rings. The molecule has 0 saturated carbocycles. The van der Waals surface area contributed by atoms with Crippen LogP contribution in [0, 0.1) is 0 Å². The van der Waals surface area contributed by atoms with Gasteiger partial charge in [0, 0.05) is 12.7 Å². The van der Waals surface area contributed by atoms with E-state index in [1.807, 2.05) is 4.57 Å². The third-order valence-corrected chi connectivity index (χ3v) is 2.72. The minimum atomic E-state index is -1.02. The highest BCUT2D eigenvalue weighted by Gasteiger charge is 2.09. The predicted octanol–water partition coefficient (Wildman–Crippen LogP) is 2.95. The summed E-state index contributed by atoms with van der Waals surface area (Å²) in [5, 5.41) is 8.77. The summed E-state index contributed by atoms with van der Waals surface area (Å²) in [6, 6.07) is 0. The first kappa shape index (κ1) is 13.5. The normalized spacial score (nSPS) is 10.4. The Bertz CT molecular complexity index is 383. The first-order valence-electron chi connectivity index (χ1n) is 6.09. The zero-order valence-electron chi connectivity index (χ0n) is 10.4. The molecule has 4 nitrogen and oxygen atoms in total. The molecule has 1 rings (SSSR count). The van der Waals surface area contributed by atoms with E-state index in [9.17, 15) is 4.79 Å². The molecular formula is C13H20N2O2. The monoisotopic (exact) mass is 236 g/mol. The molecule has 17 heavy (non-hydrogen) atoms. The number of carboxylic acids is 1. The van der Waals surface area contributed by atoms with Crippen LogP contribution in [0.1, 0.15) is 44.7 Å². The van der Waals surface area contributed by atoms with Gasteiger partial charge in [-0.15, -0.1) is 0 Å². The van der Waals surface area contributed by atoms with Crippen molar-refractivity contribution in [2.24, 2.45) is 0 Å². The van der Waals surface area contributed by atoms with Crippen LogP contribution in [0.3, 0.4) is 0 Å². The van der Waals surface area contributed by atoms with E-state index in [0.29, 0.717) is 5.69 Å². The molecule has 0 radical (unpaired) electrons. The molecule has 0 saturated heterocycles. The number of unbranched alkanes of at least 4 members (excludes halogenated alkanes) is 4. The van der Waals surface area contributed by atoms with Crippen molar-refractivity contribution >= 4 is 11.5 Å². The molecule has 0 aliphatic carbocycles. The van der Waals surface area contributed by atoms with Crippen LogP contribution >= 0.6 is 0 Å². The first-order valence-corrected chi connectivity index (χ1v) is 6.09. The molecule has 0 aliphatic heterocycles. The van der Waals surface area contributed by atoms with E-state index < -0.39 is 5.97 Å². The Hall–Kier alpha value is -1.58. The molecule has 0 aromatic carbocycles. The van der Waals surface area contributed by atoms with Crippen LogP contribution in [0.15, 0.2) is 19.1 Å². The van der Waals surface area contributed by atoms with E-state index in [-0.39, 0.29) is 5.57 Å². The summed E-state index contributed by atoms with van der Waals surface area (Å²) in [4.78, 5) is 14.7. The van der Waals surface area contributed by atoms with E-state index >= 15 is 0 Å². The molecule has 0 spiro atoms. The highest BCUT2D eigenvalue weighted by molar-refractivity contribution is 6.13. The predicted molar refractivity (Wildman–Crippen MR) is 67.7 cm³/mol. The molecular weight excluding hydrogens is 216 g/mol. The fourth-order valence-electron chi connectivity index (χ4n) is 1.65. The van der Waals surface area contributed by atoms with Gasteiger partial charge >= 0.3 is 5.97 Å². The summed E-state index contributed by atoms with van der Waals surface area (Å²) in [5.41, 5.74) is 0.501. The second-order valence-electron chi connectivity index (χ2n) is 4.19. The summed E-state index contributed by atoms with van der Waals surface area (Å²) in [6.45, 7) is 6.57.